The average Bonchev–Trinajstić information content (AvgIpc) is 2.16. The second-order valence-corrected chi connectivity index (χ2v) is 2.32. The molecular formula is C10H10NiO2. The van der Waals surface area contributed by atoms with Gasteiger partial charge in [0.05, 0.1) is 7.11 Å². The van der Waals surface area contributed by atoms with Gasteiger partial charge in [-0.3, -0.25) is 11.2 Å². The minimum atomic E-state index is -0.299. The van der Waals surface area contributed by atoms with E-state index in [0.29, 0.717) is 6.42 Å². The molecule has 1 rings (SSSR count). The second-order valence-electron chi connectivity index (χ2n) is 2.32. The van der Waals surface area contributed by atoms with Crippen LogP contribution in [0.5, 0.6) is 0 Å². The Kier molecular flexibility index (Phi) is 6.08. The second kappa shape index (κ2) is 6.56. The van der Waals surface area contributed by atoms with E-state index in [4.69, 9.17) is 0 Å². The molecule has 0 spiro atoms. The van der Waals surface area contributed by atoms with Crippen LogP contribution < -0.4 is 0 Å². The van der Waals surface area contributed by atoms with Gasteiger partial charge in [0.15, 0.2) is 5.97 Å². The summed E-state index contributed by atoms with van der Waals surface area (Å²) >= 11 is 0. The van der Waals surface area contributed by atoms with Gasteiger partial charge in [0.25, 0.3) is 0 Å². The molecule has 3 heteroatoms. The molecule has 0 radical (unpaired) electrons. The molecule has 0 aliphatic carbocycles. The maximum absolute atomic E-state index is 10.7. The molecule has 0 amide bonds. The van der Waals surface area contributed by atoms with E-state index in [1.807, 2.05) is 24.3 Å². The Morgan fingerprint density at radius 1 is 1.62 bits per heavy atom. The molecule has 0 aromatic heterocycles. The van der Waals surface area contributed by atoms with Crippen LogP contribution in [0.1, 0.15) is 5.56 Å². The summed E-state index contributed by atoms with van der Waals surface area (Å²) in [6, 6.07) is 10.5. The topological polar surface area (TPSA) is 26.3 Å². The first-order valence-corrected chi connectivity index (χ1v) is 3.69. The monoisotopic (exact) mass is 220 g/mol. The molecule has 13 heavy (non-hydrogen) atoms. The summed E-state index contributed by atoms with van der Waals surface area (Å²) in [4.78, 5) is 10.7. The number of ether oxygens (including phenoxy) is 1. The van der Waals surface area contributed by atoms with Gasteiger partial charge in [0.2, 0.25) is 0 Å². The molecule has 0 N–H and O–H groups in total. The van der Waals surface area contributed by atoms with Gasteiger partial charge in [-0.1, -0.05) is 0 Å². The number of hydrogen-bond acceptors (Lipinski definition) is 2. The number of methoxy groups -OCH3 is 1. The molecule has 0 bridgehead atoms. The van der Waals surface area contributed by atoms with Crippen molar-refractivity contribution in [3.05, 3.63) is 42.3 Å². The third-order valence-corrected chi connectivity index (χ3v) is 1.46. The quantitative estimate of drug-likeness (QED) is 0.438. The standard InChI is InChI=1S/C10H10O2.Ni/c1-12-10(11)8-7-9-5-3-2-4-6-9;/h2-5,8H,7H2,1H3;/q-2;+2. The molecule has 72 valence electrons. The average molecular weight is 221 g/mol. The van der Waals surface area contributed by atoms with Crippen molar-refractivity contribution in [3.8, 4) is 0 Å². The van der Waals surface area contributed by atoms with Crippen LogP contribution in [0.25, 0.3) is 0 Å². The molecule has 0 unspecified atom stereocenters. The van der Waals surface area contributed by atoms with Gasteiger partial charge in [0.1, 0.15) is 0 Å². The number of carbonyl (C=O) groups is 1. The van der Waals surface area contributed by atoms with Crippen molar-refractivity contribution in [2.75, 3.05) is 7.11 Å². The molecule has 0 saturated heterocycles. The molecule has 1 aromatic carbocycles. The summed E-state index contributed by atoms with van der Waals surface area (Å²) in [6.45, 7) is 0. The molecule has 2 nitrogen and oxygen atoms in total. The van der Waals surface area contributed by atoms with E-state index in [2.05, 4.69) is 10.8 Å². The van der Waals surface area contributed by atoms with Crippen molar-refractivity contribution in [1.82, 2.24) is 0 Å². The van der Waals surface area contributed by atoms with Crippen molar-refractivity contribution < 1.29 is 26.0 Å². The van der Waals surface area contributed by atoms with Crippen LogP contribution in [0.3, 0.4) is 0 Å². The largest absolute Gasteiger partial charge is 2.00 e. The molecule has 0 aliphatic rings. The van der Waals surface area contributed by atoms with E-state index in [0.717, 1.165) is 5.56 Å². The minimum absolute atomic E-state index is 0. The molecular weight excluding hydrogens is 211 g/mol. The number of hydrogen-bond donors (Lipinski definition) is 0. The zero-order valence-electron chi connectivity index (χ0n) is 7.23. The summed E-state index contributed by atoms with van der Waals surface area (Å²) in [5.74, 6) is -0.299. The Labute approximate surface area is 88.2 Å². The van der Waals surface area contributed by atoms with E-state index in [9.17, 15) is 4.79 Å². The summed E-state index contributed by atoms with van der Waals surface area (Å²) in [5, 5.41) is 0. The molecule has 0 fully saturated rings. The normalized spacial score (nSPS) is 8.38. The first-order valence-electron chi connectivity index (χ1n) is 3.69. The van der Waals surface area contributed by atoms with E-state index < -0.39 is 0 Å². The van der Waals surface area contributed by atoms with Gasteiger partial charge in [-0.25, -0.2) is 0 Å². The van der Waals surface area contributed by atoms with Crippen molar-refractivity contribution >= 4 is 5.97 Å². The van der Waals surface area contributed by atoms with Crippen LogP contribution in [0, 0.1) is 12.5 Å². The van der Waals surface area contributed by atoms with Crippen molar-refractivity contribution in [3.63, 3.8) is 0 Å². The number of benzene rings is 1. The third kappa shape index (κ3) is 4.59. The van der Waals surface area contributed by atoms with Gasteiger partial charge in [-0.05, 0) is 0 Å². The van der Waals surface area contributed by atoms with Gasteiger partial charge in [-0.2, -0.15) is 42.3 Å². The number of carbonyl (C=O) groups excluding carboxylic acids is 1. The fourth-order valence-electron chi connectivity index (χ4n) is 0.834. The van der Waals surface area contributed by atoms with Gasteiger partial charge >= 0.3 is 16.5 Å². The number of rotatable bonds is 3. The Morgan fingerprint density at radius 3 is 2.92 bits per heavy atom. The zero-order valence-corrected chi connectivity index (χ0v) is 8.21. The molecule has 1 aromatic rings. The Hall–Kier alpha value is -0.946. The fraction of sp³-hybridized carbons (Fsp3) is 0.200. The van der Waals surface area contributed by atoms with E-state index in [1.54, 1.807) is 0 Å². The molecule has 0 atom stereocenters. The molecule has 0 saturated carbocycles. The van der Waals surface area contributed by atoms with Crippen LogP contribution in [0.2, 0.25) is 0 Å². The van der Waals surface area contributed by atoms with Gasteiger partial charge in [0, 0.05) is 0 Å². The molecule has 0 heterocycles. The van der Waals surface area contributed by atoms with Crippen LogP contribution in [0.4, 0.5) is 0 Å². The van der Waals surface area contributed by atoms with E-state index >= 15 is 0 Å². The Bertz CT molecular complexity index is 246. The Morgan fingerprint density at radius 2 is 2.38 bits per heavy atom. The fourth-order valence-corrected chi connectivity index (χ4v) is 0.834. The van der Waals surface area contributed by atoms with Gasteiger partial charge < -0.3 is 4.74 Å². The van der Waals surface area contributed by atoms with Crippen LogP contribution in [0.15, 0.2) is 24.3 Å². The summed E-state index contributed by atoms with van der Waals surface area (Å²) in [6.07, 6.45) is 2.07. The summed E-state index contributed by atoms with van der Waals surface area (Å²) < 4.78 is 4.46. The van der Waals surface area contributed by atoms with Crippen LogP contribution >= 0.6 is 0 Å². The summed E-state index contributed by atoms with van der Waals surface area (Å²) in [5.41, 5.74) is 0.989. The minimum Gasteiger partial charge on any atom is -0.491 e. The van der Waals surface area contributed by atoms with Crippen molar-refractivity contribution in [2.24, 2.45) is 0 Å². The van der Waals surface area contributed by atoms with Crippen LogP contribution in [-0.4, -0.2) is 13.1 Å². The predicted octanol–water partition coefficient (Wildman–Crippen LogP) is 1.40. The first kappa shape index (κ1) is 12.1. The maximum atomic E-state index is 10.7. The predicted molar refractivity (Wildman–Crippen MR) is 45.3 cm³/mol. The van der Waals surface area contributed by atoms with Gasteiger partial charge in [-0.15, -0.1) is 0 Å². The third-order valence-electron chi connectivity index (χ3n) is 1.46. The first-order chi connectivity index (χ1) is 5.83. The Balaban J connectivity index is 0.00000144. The van der Waals surface area contributed by atoms with Crippen molar-refractivity contribution in [1.29, 1.82) is 0 Å². The summed E-state index contributed by atoms with van der Waals surface area (Å²) in [7, 11) is 1.37. The molecule has 0 aliphatic heterocycles. The van der Waals surface area contributed by atoms with E-state index in [-0.39, 0.29) is 22.5 Å². The SMILES string of the molecule is COC(=O)[CH-]Cc1[c-]cccc1.[Ni+2]. The van der Waals surface area contributed by atoms with Crippen LogP contribution in [-0.2, 0) is 32.4 Å². The number of esters is 1. The van der Waals surface area contributed by atoms with E-state index in [1.165, 1.54) is 13.5 Å². The smallest absolute Gasteiger partial charge is 0.491 e. The zero-order chi connectivity index (χ0) is 8.81. The maximum Gasteiger partial charge on any atom is 2.00 e. The van der Waals surface area contributed by atoms with Crippen molar-refractivity contribution in [2.45, 2.75) is 6.42 Å².